The lowest BCUT2D eigenvalue weighted by atomic mass is 9.95. The highest BCUT2D eigenvalue weighted by Gasteiger charge is 2.27. The van der Waals surface area contributed by atoms with Crippen LogP contribution >= 0.6 is 12.4 Å². The van der Waals surface area contributed by atoms with Crippen LogP contribution in [0.25, 0.3) is 0 Å². The molecule has 0 aliphatic carbocycles. The van der Waals surface area contributed by atoms with Gasteiger partial charge in [0.2, 0.25) is 5.91 Å². The number of benzene rings is 1. The number of carbonyl (C=O) groups is 1. The molecule has 0 saturated carbocycles. The van der Waals surface area contributed by atoms with E-state index in [1.54, 1.807) is 0 Å². The summed E-state index contributed by atoms with van der Waals surface area (Å²) in [7, 11) is 0. The third-order valence-corrected chi connectivity index (χ3v) is 4.33. The third kappa shape index (κ3) is 5.18. The molecule has 0 radical (unpaired) electrons. The second kappa shape index (κ2) is 9.01. The van der Waals surface area contributed by atoms with Crippen LogP contribution in [0, 0.1) is 11.8 Å². The molecule has 1 heterocycles. The maximum atomic E-state index is 12.2. The van der Waals surface area contributed by atoms with Crippen molar-refractivity contribution < 1.29 is 9.53 Å². The van der Waals surface area contributed by atoms with Gasteiger partial charge in [-0.05, 0) is 37.8 Å². The summed E-state index contributed by atoms with van der Waals surface area (Å²) in [6.45, 7) is 6.17. The van der Waals surface area contributed by atoms with Gasteiger partial charge in [-0.2, -0.15) is 0 Å². The first-order chi connectivity index (χ1) is 10.1. The molecule has 2 atom stereocenters. The molecule has 5 heteroatoms. The van der Waals surface area contributed by atoms with Crippen LogP contribution < -0.4 is 10.5 Å². The van der Waals surface area contributed by atoms with Gasteiger partial charge in [0, 0.05) is 19.1 Å². The maximum absolute atomic E-state index is 12.2. The lowest BCUT2D eigenvalue weighted by Crippen LogP contribution is -2.45. The lowest BCUT2D eigenvalue weighted by Gasteiger charge is -2.34. The van der Waals surface area contributed by atoms with Gasteiger partial charge in [0.05, 0.1) is 12.5 Å². The van der Waals surface area contributed by atoms with E-state index in [-0.39, 0.29) is 30.3 Å². The molecule has 0 bridgehead atoms. The van der Waals surface area contributed by atoms with Gasteiger partial charge in [-0.1, -0.05) is 25.1 Å². The van der Waals surface area contributed by atoms with Crippen molar-refractivity contribution in [3.8, 4) is 5.75 Å². The van der Waals surface area contributed by atoms with Gasteiger partial charge in [0.25, 0.3) is 0 Å². The van der Waals surface area contributed by atoms with Crippen LogP contribution in [-0.4, -0.2) is 36.5 Å². The third-order valence-electron chi connectivity index (χ3n) is 4.33. The number of ether oxygens (including phenoxy) is 1. The van der Waals surface area contributed by atoms with Crippen molar-refractivity contribution in [3.63, 3.8) is 0 Å². The van der Waals surface area contributed by atoms with Crippen molar-refractivity contribution in [2.24, 2.45) is 17.6 Å². The van der Waals surface area contributed by atoms with Crippen molar-refractivity contribution >= 4 is 18.3 Å². The molecular weight excluding hydrogens is 300 g/mol. The Balaban J connectivity index is 0.00000242. The second-order valence-electron chi connectivity index (χ2n) is 6.04. The molecule has 1 fully saturated rings. The van der Waals surface area contributed by atoms with E-state index in [1.165, 1.54) is 0 Å². The first kappa shape index (κ1) is 18.8. The van der Waals surface area contributed by atoms with E-state index in [0.717, 1.165) is 38.3 Å². The maximum Gasteiger partial charge on any atom is 0.226 e. The summed E-state index contributed by atoms with van der Waals surface area (Å²) in [6.07, 6.45) is 2.01. The fraction of sp³-hybridized carbons (Fsp3) is 0.588. The monoisotopic (exact) mass is 326 g/mol. The predicted octanol–water partition coefficient (Wildman–Crippen LogP) is 2.71. The lowest BCUT2D eigenvalue weighted by molar-refractivity contribution is -0.137. The van der Waals surface area contributed by atoms with Gasteiger partial charge in [0.15, 0.2) is 0 Å². The zero-order valence-corrected chi connectivity index (χ0v) is 14.2. The molecule has 1 aliphatic rings. The number of rotatable bonds is 5. The minimum Gasteiger partial charge on any atom is -0.493 e. The molecular formula is C17H27ClN2O2. The average molecular weight is 327 g/mol. The molecule has 1 aromatic rings. The number of piperidine rings is 1. The molecule has 2 N–H and O–H groups in total. The predicted molar refractivity (Wildman–Crippen MR) is 91.3 cm³/mol. The number of nitrogens with zero attached hydrogens (tertiary/aromatic N) is 1. The molecule has 1 amide bonds. The highest BCUT2D eigenvalue weighted by atomic mass is 35.5. The van der Waals surface area contributed by atoms with Crippen LogP contribution in [0.3, 0.4) is 0 Å². The van der Waals surface area contributed by atoms with E-state index in [4.69, 9.17) is 10.5 Å². The number of amides is 1. The van der Waals surface area contributed by atoms with Gasteiger partial charge in [-0.3, -0.25) is 4.79 Å². The Morgan fingerprint density at radius 2 is 1.86 bits per heavy atom. The molecule has 4 nitrogen and oxygen atoms in total. The summed E-state index contributed by atoms with van der Waals surface area (Å²) in [6, 6.07) is 9.80. The van der Waals surface area contributed by atoms with Crippen molar-refractivity contribution in [3.05, 3.63) is 30.3 Å². The van der Waals surface area contributed by atoms with E-state index in [1.807, 2.05) is 49.1 Å². The highest BCUT2D eigenvalue weighted by Crippen LogP contribution is 2.21. The number of nitrogens with two attached hydrogens (primary N) is 1. The zero-order chi connectivity index (χ0) is 15.2. The SMILES string of the molecule is CC(N)C(C)C(=O)N1CCC(COc2ccccc2)CC1.Cl. The first-order valence-corrected chi connectivity index (χ1v) is 7.80. The van der Waals surface area contributed by atoms with Crippen LogP contribution in [-0.2, 0) is 4.79 Å². The second-order valence-corrected chi connectivity index (χ2v) is 6.04. The Hall–Kier alpha value is -1.26. The van der Waals surface area contributed by atoms with Gasteiger partial charge in [-0.25, -0.2) is 0 Å². The normalized spacial score (nSPS) is 18.2. The number of halogens is 1. The van der Waals surface area contributed by atoms with Crippen LogP contribution in [0.5, 0.6) is 5.75 Å². The molecule has 0 aromatic heterocycles. The highest BCUT2D eigenvalue weighted by molar-refractivity contribution is 5.85. The van der Waals surface area contributed by atoms with E-state index >= 15 is 0 Å². The Labute approximate surface area is 139 Å². The van der Waals surface area contributed by atoms with Crippen molar-refractivity contribution in [1.29, 1.82) is 0 Å². The smallest absolute Gasteiger partial charge is 0.226 e. The molecule has 2 unspecified atom stereocenters. The summed E-state index contributed by atoms with van der Waals surface area (Å²) < 4.78 is 5.80. The molecule has 124 valence electrons. The van der Waals surface area contributed by atoms with Crippen LogP contribution in [0.1, 0.15) is 26.7 Å². The fourth-order valence-corrected chi connectivity index (χ4v) is 2.56. The van der Waals surface area contributed by atoms with Crippen LogP contribution in [0.2, 0.25) is 0 Å². The van der Waals surface area contributed by atoms with E-state index < -0.39 is 0 Å². The topological polar surface area (TPSA) is 55.6 Å². The average Bonchev–Trinajstić information content (AvgIpc) is 2.53. The molecule has 2 rings (SSSR count). The molecule has 0 spiro atoms. The van der Waals surface area contributed by atoms with E-state index in [0.29, 0.717) is 5.92 Å². The quantitative estimate of drug-likeness (QED) is 0.905. The Bertz CT molecular complexity index is 445. The minimum atomic E-state index is -0.0953. The molecule has 1 aromatic carbocycles. The van der Waals surface area contributed by atoms with Gasteiger partial charge < -0.3 is 15.4 Å². The van der Waals surface area contributed by atoms with Gasteiger partial charge in [-0.15, -0.1) is 12.4 Å². The standard InChI is InChI=1S/C17H26N2O2.ClH/c1-13(14(2)18)17(20)19-10-8-15(9-11-19)12-21-16-6-4-3-5-7-16;/h3-7,13-15H,8-12,18H2,1-2H3;1H. The van der Waals surface area contributed by atoms with Crippen LogP contribution in [0.4, 0.5) is 0 Å². The Morgan fingerprint density at radius 3 is 2.41 bits per heavy atom. The van der Waals surface area contributed by atoms with E-state index in [9.17, 15) is 4.79 Å². The number of likely N-dealkylation sites (tertiary alicyclic amines) is 1. The summed E-state index contributed by atoms with van der Waals surface area (Å²) in [4.78, 5) is 14.2. The minimum absolute atomic E-state index is 0. The van der Waals surface area contributed by atoms with Crippen molar-refractivity contribution in [2.45, 2.75) is 32.7 Å². The molecule has 22 heavy (non-hydrogen) atoms. The van der Waals surface area contributed by atoms with Crippen molar-refractivity contribution in [2.75, 3.05) is 19.7 Å². The molecule has 1 saturated heterocycles. The largest absolute Gasteiger partial charge is 0.493 e. The fourth-order valence-electron chi connectivity index (χ4n) is 2.56. The summed E-state index contributed by atoms with van der Waals surface area (Å²) >= 11 is 0. The van der Waals surface area contributed by atoms with Crippen molar-refractivity contribution in [1.82, 2.24) is 4.90 Å². The summed E-state index contributed by atoms with van der Waals surface area (Å²) in [5, 5.41) is 0. The Kier molecular flexibility index (Phi) is 7.69. The molecule has 1 aliphatic heterocycles. The van der Waals surface area contributed by atoms with Gasteiger partial charge >= 0.3 is 0 Å². The number of hydrogen-bond donors (Lipinski definition) is 1. The summed E-state index contributed by atoms with van der Waals surface area (Å²) in [5.74, 6) is 1.54. The Morgan fingerprint density at radius 1 is 1.27 bits per heavy atom. The number of carbonyl (C=O) groups excluding carboxylic acids is 1. The first-order valence-electron chi connectivity index (χ1n) is 7.80. The zero-order valence-electron chi connectivity index (χ0n) is 13.4. The van der Waals surface area contributed by atoms with Crippen LogP contribution in [0.15, 0.2) is 30.3 Å². The number of para-hydroxylation sites is 1. The summed E-state index contributed by atoms with van der Waals surface area (Å²) in [5.41, 5.74) is 5.82. The number of hydrogen-bond acceptors (Lipinski definition) is 3. The van der Waals surface area contributed by atoms with Gasteiger partial charge in [0.1, 0.15) is 5.75 Å². The van der Waals surface area contributed by atoms with E-state index in [2.05, 4.69) is 0 Å².